The Kier molecular flexibility index (Phi) is 5.49. The van der Waals surface area contributed by atoms with Gasteiger partial charge in [0.25, 0.3) is 5.91 Å². The second kappa shape index (κ2) is 7.99. The van der Waals surface area contributed by atoms with Gasteiger partial charge in [0, 0.05) is 31.1 Å². The van der Waals surface area contributed by atoms with Crippen LogP contribution in [0.2, 0.25) is 0 Å². The van der Waals surface area contributed by atoms with Crippen molar-refractivity contribution >= 4 is 17.9 Å². The number of hydrogen-bond donors (Lipinski definition) is 1. The normalized spacial score (nSPS) is 16.2. The van der Waals surface area contributed by atoms with Gasteiger partial charge in [-0.3, -0.25) is 9.59 Å². The molecular formula is C20H23N3O4. The van der Waals surface area contributed by atoms with Crippen LogP contribution < -0.4 is 15.2 Å². The Morgan fingerprint density at radius 3 is 2.81 bits per heavy atom. The topological polar surface area (TPSA) is 86.8 Å². The van der Waals surface area contributed by atoms with E-state index in [4.69, 9.17) is 15.2 Å². The number of fused-ring (bicyclic) bond motifs is 1. The van der Waals surface area contributed by atoms with Crippen molar-refractivity contribution in [2.24, 2.45) is 5.73 Å². The summed E-state index contributed by atoms with van der Waals surface area (Å²) in [6, 6.07) is 9.29. The van der Waals surface area contributed by atoms with E-state index in [0.717, 1.165) is 17.8 Å². The molecule has 0 aliphatic carbocycles. The molecule has 2 N–H and O–H groups in total. The molecule has 27 heavy (non-hydrogen) atoms. The number of hydrogen-bond acceptors (Lipinski definition) is 4. The maximum absolute atomic E-state index is 12.6. The summed E-state index contributed by atoms with van der Waals surface area (Å²) in [5.74, 6) is 0.289. The van der Waals surface area contributed by atoms with Crippen molar-refractivity contribution in [1.29, 1.82) is 0 Å². The molecule has 7 nitrogen and oxygen atoms in total. The summed E-state index contributed by atoms with van der Waals surface area (Å²) in [5.41, 5.74) is 7.02. The van der Waals surface area contributed by atoms with Crippen molar-refractivity contribution in [2.45, 2.75) is 19.5 Å². The number of ether oxygens (including phenoxy) is 2. The predicted molar refractivity (Wildman–Crippen MR) is 101 cm³/mol. The summed E-state index contributed by atoms with van der Waals surface area (Å²) in [5, 5.41) is 0. The molecule has 0 saturated heterocycles. The highest BCUT2D eigenvalue weighted by molar-refractivity contribution is 5.92. The predicted octanol–water partition coefficient (Wildman–Crippen LogP) is 1.98. The van der Waals surface area contributed by atoms with Gasteiger partial charge in [0.2, 0.25) is 5.91 Å². The van der Waals surface area contributed by atoms with Crippen molar-refractivity contribution in [3.63, 3.8) is 0 Å². The average Bonchev–Trinajstić information content (AvgIpc) is 3.14. The molecule has 142 valence electrons. The second-order valence-electron chi connectivity index (χ2n) is 6.33. The van der Waals surface area contributed by atoms with Crippen LogP contribution in [-0.4, -0.2) is 41.5 Å². The van der Waals surface area contributed by atoms with Gasteiger partial charge in [0.05, 0.1) is 13.2 Å². The third kappa shape index (κ3) is 4.13. The Labute approximate surface area is 158 Å². The summed E-state index contributed by atoms with van der Waals surface area (Å²) < 4.78 is 12.8. The molecule has 3 rings (SSSR count). The van der Waals surface area contributed by atoms with E-state index < -0.39 is 5.91 Å². The first kappa shape index (κ1) is 18.6. The second-order valence-corrected chi connectivity index (χ2v) is 6.33. The molecule has 2 heterocycles. The van der Waals surface area contributed by atoms with Crippen molar-refractivity contribution in [3.05, 3.63) is 53.9 Å². The van der Waals surface area contributed by atoms with E-state index >= 15 is 0 Å². The van der Waals surface area contributed by atoms with Gasteiger partial charge < -0.3 is 24.7 Å². The molecule has 2 amide bonds. The Hall–Kier alpha value is -3.22. The van der Waals surface area contributed by atoms with Crippen LogP contribution in [0.3, 0.4) is 0 Å². The van der Waals surface area contributed by atoms with Gasteiger partial charge >= 0.3 is 0 Å². The molecule has 0 radical (unpaired) electrons. The quantitative estimate of drug-likeness (QED) is 0.789. The fourth-order valence-electron chi connectivity index (χ4n) is 3.20. The molecular weight excluding hydrogens is 346 g/mol. The summed E-state index contributed by atoms with van der Waals surface area (Å²) in [6.07, 6.45) is 5.34. The number of methoxy groups -OCH3 is 1. The largest absolute Gasteiger partial charge is 0.493 e. The monoisotopic (exact) mass is 369 g/mol. The average molecular weight is 369 g/mol. The van der Waals surface area contributed by atoms with Gasteiger partial charge in [-0.15, -0.1) is 0 Å². The number of benzene rings is 1. The molecule has 0 bridgehead atoms. The Balaban J connectivity index is 1.70. The first-order valence-electron chi connectivity index (χ1n) is 8.72. The lowest BCUT2D eigenvalue weighted by Crippen LogP contribution is -2.39. The zero-order valence-electron chi connectivity index (χ0n) is 15.4. The van der Waals surface area contributed by atoms with Crippen molar-refractivity contribution in [2.75, 3.05) is 20.3 Å². The molecule has 1 aromatic heterocycles. The fraction of sp³-hybridized carbons (Fsp3) is 0.300. The summed E-state index contributed by atoms with van der Waals surface area (Å²) in [6.45, 7) is 3.28. The highest BCUT2D eigenvalue weighted by Gasteiger charge is 2.25. The first-order valence-corrected chi connectivity index (χ1v) is 8.72. The lowest BCUT2D eigenvalue weighted by Gasteiger charge is -2.34. The Bertz CT molecular complexity index is 872. The lowest BCUT2D eigenvalue weighted by molar-refractivity contribution is -0.129. The molecule has 1 aliphatic heterocycles. The summed E-state index contributed by atoms with van der Waals surface area (Å²) in [4.78, 5) is 25.3. The molecule has 1 aromatic carbocycles. The van der Waals surface area contributed by atoms with Crippen molar-refractivity contribution in [1.82, 2.24) is 9.47 Å². The van der Waals surface area contributed by atoms with Gasteiger partial charge in [0.15, 0.2) is 18.1 Å². The Morgan fingerprint density at radius 2 is 2.07 bits per heavy atom. The molecule has 0 saturated carbocycles. The van der Waals surface area contributed by atoms with Crippen LogP contribution in [-0.2, 0) is 16.1 Å². The van der Waals surface area contributed by atoms with Gasteiger partial charge in [0.1, 0.15) is 0 Å². The molecule has 0 fully saturated rings. The number of amides is 2. The third-order valence-corrected chi connectivity index (χ3v) is 4.60. The number of nitrogens with zero attached hydrogens (tertiary/aromatic N) is 2. The van der Waals surface area contributed by atoms with Gasteiger partial charge in [-0.25, -0.2) is 0 Å². The van der Waals surface area contributed by atoms with Crippen LogP contribution in [0.5, 0.6) is 11.5 Å². The minimum Gasteiger partial charge on any atom is -0.493 e. The van der Waals surface area contributed by atoms with Crippen molar-refractivity contribution < 1.29 is 19.1 Å². The minimum absolute atomic E-state index is 0.0324. The maximum atomic E-state index is 12.6. The number of nitrogens with two attached hydrogens (primary N) is 1. The molecule has 1 unspecified atom stereocenters. The van der Waals surface area contributed by atoms with Gasteiger partial charge in [-0.05, 0) is 42.8 Å². The lowest BCUT2D eigenvalue weighted by atomic mass is 10.1. The highest BCUT2D eigenvalue weighted by atomic mass is 16.5. The van der Waals surface area contributed by atoms with E-state index in [1.807, 2.05) is 30.2 Å². The first-order chi connectivity index (χ1) is 13.0. The third-order valence-electron chi connectivity index (χ3n) is 4.60. The number of carbonyl (C=O) groups excluding carboxylic acids is 2. The number of aromatic nitrogens is 1. The molecule has 1 aliphatic rings. The molecule has 7 heteroatoms. The van der Waals surface area contributed by atoms with E-state index in [1.165, 1.54) is 7.11 Å². The van der Waals surface area contributed by atoms with Crippen LogP contribution in [0.15, 0.2) is 42.6 Å². The van der Waals surface area contributed by atoms with Crippen LogP contribution in [0.1, 0.15) is 24.2 Å². The summed E-state index contributed by atoms with van der Waals surface area (Å²) in [7, 11) is 1.51. The standard InChI is InChI=1S/C20H23N3O4/c1-14-16-4-3-9-22(16)10-11-23(14)20(25)8-6-15-5-7-17(18(12-15)26-2)27-13-19(21)24/h3-9,12,14H,10-11,13H2,1-2H3,(H2,21,24). The van der Waals surface area contributed by atoms with E-state index in [0.29, 0.717) is 18.0 Å². The zero-order valence-corrected chi connectivity index (χ0v) is 15.4. The maximum Gasteiger partial charge on any atom is 0.255 e. The molecule has 0 spiro atoms. The van der Waals surface area contributed by atoms with Crippen LogP contribution >= 0.6 is 0 Å². The van der Waals surface area contributed by atoms with Crippen molar-refractivity contribution in [3.8, 4) is 11.5 Å². The van der Waals surface area contributed by atoms with Gasteiger partial charge in [-0.1, -0.05) is 6.07 Å². The van der Waals surface area contributed by atoms with E-state index in [1.54, 1.807) is 30.4 Å². The number of carbonyl (C=O) groups is 2. The smallest absolute Gasteiger partial charge is 0.255 e. The van der Waals surface area contributed by atoms with Gasteiger partial charge in [-0.2, -0.15) is 0 Å². The van der Waals surface area contributed by atoms with Crippen LogP contribution in [0, 0.1) is 0 Å². The summed E-state index contributed by atoms with van der Waals surface area (Å²) >= 11 is 0. The van der Waals surface area contributed by atoms with Crippen LogP contribution in [0.25, 0.3) is 6.08 Å². The SMILES string of the molecule is COc1cc(C=CC(=O)N2CCn3cccc3C2C)ccc1OCC(N)=O. The zero-order chi connectivity index (χ0) is 19.4. The van der Waals surface area contributed by atoms with E-state index in [2.05, 4.69) is 4.57 Å². The molecule has 1 atom stereocenters. The van der Waals surface area contributed by atoms with Crippen LogP contribution in [0.4, 0.5) is 0 Å². The number of primary amides is 1. The Morgan fingerprint density at radius 1 is 1.26 bits per heavy atom. The minimum atomic E-state index is -0.562. The van der Waals surface area contributed by atoms with E-state index in [9.17, 15) is 9.59 Å². The fourth-order valence-corrected chi connectivity index (χ4v) is 3.20. The highest BCUT2D eigenvalue weighted by Crippen LogP contribution is 2.29. The van der Waals surface area contributed by atoms with E-state index in [-0.39, 0.29) is 18.6 Å². The molecule has 2 aromatic rings. The number of rotatable bonds is 6.